The lowest BCUT2D eigenvalue weighted by Gasteiger charge is -2.46. The molecule has 5 heteroatoms. The number of nitrogens with zero attached hydrogens (tertiary/aromatic N) is 1. The molecule has 1 spiro atoms. The van der Waals surface area contributed by atoms with E-state index in [2.05, 4.69) is 0 Å². The summed E-state index contributed by atoms with van der Waals surface area (Å²) in [6, 6.07) is 0. The molecule has 0 N–H and O–H groups in total. The third kappa shape index (κ3) is 2.41. The smallest absolute Gasteiger partial charge is 0.214 e. The van der Waals surface area contributed by atoms with E-state index < -0.39 is 10.0 Å². The number of ether oxygens (including phenoxy) is 1. The van der Waals surface area contributed by atoms with E-state index in [1.165, 1.54) is 0 Å². The fourth-order valence-electron chi connectivity index (χ4n) is 2.37. The molecular formula is C11H21NO3S. The Morgan fingerprint density at radius 3 is 2.31 bits per heavy atom. The maximum absolute atomic E-state index is 12.0. The Morgan fingerprint density at radius 1 is 1.25 bits per heavy atom. The van der Waals surface area contributed by atoms with E-state index in [4.69, 9.17) is 4.74 Å². The molecule has 0 bridgehead atoms. The van der Waals surface area contributed by atoms with Crippen molar-refractivity contribution >= 4 is 10.0 Å². The first-order chi connectivity index (χ1) is 7.58. The minimum Gasteiger partial charge on any atom is -0.380 e. The number of piperidine rings is 1. The number of hydrogen-bond donors (Lipinski definition) is 0. The van der Waals surface area contributed by atoms with E-state index in [9.17, 15) is 8.42 Å². The van der Waals surface area contributed by atoms with Gasteiger partial charge in [0, 0.05) is 18.5 Å². The molecule has 0 aromatic carbocycles. The van der Waals surface area contributed by atoms with Crippen LogP contribution in [-0.2, 0) is 14.8 Å². The lowest BCUT2D eigenvalue weighted by molar-refractivity contribution is -0.133. The van der Waals surface area contributed by atoms with Gasteiger partial charge >= 0.3 is 0 Å². The third-order valence-electron chi connectivity index (χ3n) is 3.75. The predicted octanol–water partition coefficient (Wildman–Crippen LogP) is 1.23. The molecule has 0 aliphatic carbocycles. The minimum absolute atomic E-state index is 0.312. The fourth-order valence-corrected chi connectivity index (χ4v) is 4.02. The standard InChI is InChI=1S/C11H21NO3S/c1-2-3-8-16(13,14)12-6-4-11(5-7-12)9-15-10-11/h2-10H2,1H3. The molecule has 16 heavy (non-hydrogen) atoms. The maximum atomic E-state index is 12.0. The Labute approximate surface area is 98.0 Å². The van der Waals surface area contributed by atoms with Crippen molar-refractivity contribution in [1.82, 2.24) is 4.31 Å². The second-order valence-corrected chi connectivity index (χ2v) is 7.15. The largest absolute Gasteiger partial charge is 0.380 e. The quantitative estimate of drug-likeness (QED) is 0.750. The molecule has 2 heterocycles. The summed E-state index contributed by atoms with van der Waals surface area (Å²) in [5.41, 5.74) is 0.316. The number of hydrogen-bond acceptors (Lipinski definition) is 3. The van der Waals surface area contributed by atoms with Gasteiger partial charge in [0.1, 0.15) is 0 Å². The molecule has 0 saturated carbocycles. The van der Waals surface area contributed by atoms with Crippen molar-refractivity contribution in [2.75, 3.05) is 32.1 Å². The van der Waals surface area contributed by atoms with Gasteiger partial charge in [-0.05, 0) is 19.3 Å². The molecule has 94 valence electrons. The molecule has 0 aromatic rings. The highest BCUT2D eigenvalue weighted by molar-refractivity contribution is 7.89. The SMILES string of the molecule is CCCCS(=O)(=O)N1CCC2(CC1)COC2. The first-order valence-corrected chi connectivity index (χ1v) is 7.74. The van der Waals surface area contributed by atoms with Gasteiger partial charge in [-0.15, -0.1) is 0 Å². The summed E-state index contributed by atoms with van der Waals surface area (Å²) in [7, 11) is -2.99. The Kier molecular flexibility index (Phi) is 3.56. The lowest BCUT2D eigenvalue weighted by atomic mass is 9.77. The molecule has 0 amide bonds. The summed E-state index contributed by atoms with van der Waals surface area (Å²) in [5, 5.41) is 0. The molecule has 0 radical (unpaired) electrons. The van der Waals surface area contributed by atoms with E-state index in [1.54, 1.807) is 4.31 Å². The van der Waals surface area contributed by atoms with E-state index in [-0.39, 0.29) is 0 Å². The highest BCUT2D eigenvalue weighted by atomic mass is 32.2. The monoisotopic (exact) mass is 247 g/mol. The van der Waals surface area contributed by atoms with Crippen molar-refractivity contribution in [2.45, 2.75) is 32.6 Å². The molecule has 0 unspecified atom stereocenters. The first-order valence-electron chi connectivity index (χ1n) is 6.14. The van der Waals surface area contributed by atoms with Crippen LogP contribution in [0, 0.1) is 5.41 Å². The van der Waals surface area contributed by atoms with Crippen LogP contribution in [0.2, 0.25) is 0 Å². The van der Waals surface area contributed by atoms with Crippen LogP contribution in [0.15, 0.2) is 0 Å². The van der Waals surface area contributed by atoms with E-state index >= 15 is 0 Å². The maximum Gasteiger partial charge on any atom is 0.214 e. The van der Waals surface area contributed by atoms with Crippen LogP contribution < -0.4 is 0 Å². The first kappa shape index (κ1) is 12.3. The van der Waals surface area contributed by atoms with E-state index in [1.807, 2.05) is 6.92 Å². The Hall–Kier alpha value is -0.130. The van der Waals surface area contributed by atoms with Crippen molar-refractivity contribution in [2.24, 2.45) is 5.41 Å². The average Bonchev–Trinajstić information content (AvgIpc) is 2.24. The van der Waals surface area contributed by atoms with Gasteiger partial charge < -0.3 is 4.74 Å². The van der Waals surface area contributed by atoms with Crippen molar-refractivity contribution in [1.29, 1.82) is 0 Å². The molecule has 2 aliphatic heterocycles. The molecule has 0 atom stereocenters. The average molecular weight is 247 g/mol. The van der Waals surface area contributed by atoms with Gasteiger partial charge in [0.25, 0.3) is 0 Å². The van der Waals surface area contributed by atoms with Gasteiger partial charge in [-0.25, -0.2) is 12.7 Å². The Balaban J connectivity index is 1.88. The van der Waals surface area contributed by atoms with Crippen LogP contribution in [0.1, 0.15) is 32.6 Å². The van der Waals surface area contributed by atoms with Gasteiger partial charge in [-0.3, -0.25) is 0 Å². The second kappa shape index (κ2) is 4.63. The zero-order valence-electron chi connectivity index (χ0n) is 9.94. The summed E-state index contributed by atoms with van der Waals surface area (Å²) in [4.78, 5) is 0. The molecule has 4 nitrogen and oxygen atoms in total. The summed E-state index contributed by atoms with van der Waals surface area (Å²) in [6.07, 6.45) is 3.65. The molecule has 0 aromatic heterocycles. The van der Waals surface area contributed by atoms with Crippen molar-refractivity contribution in [3.05, 3.63) is 0 Å². The predicted molar refractivity (Wildman–Crippen MR) is 62.8 cm³/mol. The molecular weight excluding hydrogens is 226 g/mol. The van der Waals surface area contributed by atoms with Gasteiger partial charge in [-0.1, -0.05) is 13.3 Å². The van der Waals surface area contributed by atoms with Gasteiger partial charge in [0.15, 0.2) is 0 Å². The van der Waals surface area contributed by atoms with Crippen molar-refractivity contribution in [3.8, 4) is 0 Å². The van der Waals surface area contributed by atoms with Crippen LogP contribution in [0.25, 0.3) is 0 Å². The number of unbranched alkanes of at least 4 members (excludes halogenated alkanes) is 1. The molecule has 2 fully saturated rings. The normalized spacial score (nSPS) is 25.6. The summed E-state index contributed by atoms with van der Waals surface area (Å²) >= 11 is 0. The van der Waals surface area contributed by atoms with Crippen LogP contribution in [0.4, 0.5) is 0 Å². The van der Waals surface area contributed by atoms with Crippen molar-refractivity contribution in [3.63, 3.8) is 0 Å². The Bertz CT molecular complexity index is 325. The summed E-state index contributed by atoms with van der Waals surface area (Å²) < 4.78 is 30.8. The van der Waals surface area contributed by atoms with Crippen LogP contribution >= 0.6 is 0 Å². The second-order valence-electron chi connectivity index (χ2n) is 5.06. The van der Waals surface area contributed by atoms with Crippen LogP contribution in [-0.4, -0.2) is 44.8 Å². The van der Waals surface area contributed by atoms with Gasteiger partial charge in [0.2, 0.25) is 10.0 Å². The van der Waals surface area contributed by atoms with E-state index in [0.29, 0.717) is 24.3 Å². The lowest BCUT2D eigenvalue weighted by Crippen LogP contribution is -2.52. The van der Waals surface area contributed by atoms with E-state index in [0.717, 1.165) is 38.9 Å². The third-order valence-corrected chi connectivity index (χ3v) is 5.71. The number of sulfonamides is 1. The highest BCUT2D eigenvalue weighted by Crippen LogP contribution is 2.38. The highest BCUT2D eigenvalue weighted by Gasteiger charge is 2.43. The molecule has 2 aliphatic rings. The minimum atomic E-state index is -2.99. The van der Waals surface area contributed by atoms with Crippen LogP contribution in [0.3, 0.4) is 0 Å². The zero-order chi connectivity index (χ0) is 11.6. The zero-order valence-corrected chi connectivity index (χ0v) is 10.8. The van der Waals surface area contributed by atoms with Crippen molar-refractivity contribution < 1.29 is 13.2 Å². The molecule has 2 saturated heterocycles. The summed E-state index contributed by atoms with van der Waals surface area (Å²) in [6.45, 7) is 5.06. The van der Waals surface area contributed by atoms with Gasteiger partial charge in [-0.2, -0.15) is 0 Å². The summed E-state index contributed by atoms with van der Waals surface area (Å²) in [5.74, 6) is 0.312. The van der Waals surface area contributed by atoms with Gasteiger partial charge in [0.05, 0.1) is 19.0 Å². The topological polar surface area (TPSA) is 46.6 Å². The Morgan fingerprint density at radius 2 is 1.88 bits per heavy atom. The number of rotatable bonds is 4. The molecule has 2 rings (SSSR count). The fraction of sp³-hybridized carbons (Fsp3) is 1.00. The van der Waals surface area contributed by atoms with Crippen LogP contribution in [0.5, 0.6) is 0 Å².